The molecule has 0 spiro atoms. The summed E-state index contributed by atoms with van der Waals surface area (Å²) in [5, 5.41) is 2.79. The topological polar surface area (TPSA) is 93.7 Å². The van der Waals surface area contributed by atoms with Crippen LogP contribution in [0, 0.1) is 0 Å². The van der Waals surface area contributed by atoms with Crippen LogP contribution < -0.4 is 19.5 Å². The molecule has 0 aromatic heterocycles. The Morgan fingerprint density at radius 3 is 2.19 bits per heavy atom. The van der Waals surface area contributed by atoms with Gasteiger partial charge in [-0.15, -0.1) is 0 Å². The largest absolute Gasteiger partial charge is 0.497 e. The molecule has 2 N–H and O–H groups in total. The summed E-state index contributed by atoms with van der Waals surface area (Å²) in [6.45, 7) is 3.76. The highest BCUT2D eigenvalue weighted by Gasteiger charge is 2.14. The van der Waals surface area contributed by atoms with Crippen LogP contribution in [0.15, 0.2) is 53.4 Å². The van der Waals surface area contributed by atoms with Crippen LogP contribution in [-0.2, 0) is 14.8 Å². The number of anilines is 1. The second kappa shape index (κ2) is 9.27. The Balaban J connectivity index is 1.97. The van der Waals surface area contributed by atoms with Gasteiger partial charge >= 0.3 is 0 Å². The number of nitrogens with one attached hydrogen (secondary N) is 2. The fourth-order valence-electron chi connectivity index (χ4n) is 2.16. The molecule has 1 atom stereocenters. The van der Waals surface area contributed by atoms with Crippen molar-refractivity contribution < 1.29 is 22.7 Å². The molecule has 0 heterocycles. The number of hydrogen-bond acceptors (Lipinski definition) is 5. The number of carbonyl (C=O) groups excluding carboxylic acids is 1. The van der Waals surface area contributed by atoms with Gasteiger partial charge in [-0.25, -0.2) is 8.42 Å². The molecule has 8 heteroatoms. The van der Waals surface area contributed by atoms with E-state index in [2.05, 4.69) is 10.0 Å². The van der Waals surface area contributed by atoms with Crippen molar-refractivity contribution >= 4 is 21.6 Å². The maximum atomic E-state index is 12.4. The van der Waals surface area contributed by atoms with Crippen molar-refractivity contribution in [3.05, 3.63) is 48.5 Å². The molecule has 0 bridgehead atoms. The van der Waals surface area contributed by atoms with E-state index in [1.807, 2.05) is 13.8 Å². The van der Waals surface area contributed by atoms with Crippen LogP contribution in [0.5, 0.6) is 11.5 Å². The zero-order valence-corrected chi connectivity index (χ0v) is 16.4. The lowest BCUT2D eigenvalue weighted by Crippen LogP contribution is -2.35. The lowest BCUT2D eigenvalue weighted by Gasteiger charge is -2.12. The van der Waals surface area contributed by atoms with Gasteiger partial charge in [0.2, 0.25) is 0 Å². The molecule has 2 aromatic carbocycles. The fraction of sp³-hybridized carbons (Fsp3) is 0.316. The third kappa shape index (κ3) is 6.18. The highest BCUT2D eigenvalue weighted by atomic mass is 32.2. The maximum absolute atomic E-state index is 12.4. The van der Waals surface area contributed by atoms with Gasteiger partial charge in [0.1, 0.15) is 11.5 Å². The Morgan fingerprint density at radius 1 is 1.04 bits per heavy atom. The van der Waals surface area contributed by atoms with Crippen molar-refractivity contribution in [1.82, 2.24) is 5.32 Å². The van der Waals surface area contributed by atoms with Crippen molar-refractivity contribution in [3.8, 4) is 11.5 Å². The second-order valence-corrected chi connectivity index (χ2v) is 7.65. The number of methoxy groups -OCH3 is 1. The molecule has 1 amide bonds. The van der Waals surface area contributed by atoms with E-state index in [9.17, 15) is 13.2 Å². The Bertz CT molecular complexity index is 849. The molecule has 2 aromatic rings. The van der Waals surface area contributed by atoms with E-state index in [0.717, 1.165) is 6.42 Å². The summed E-state index contributed by atoms with van der Waals surface area (Å²) in [5.41, 5.74) is 0.429. The molecule has 0 saturated carbocycles. The molecular formula is C19H24N2O5S. The van der Waals surface area contributed by atoms with Crippen LogP contribution in [0.1, 0.15) is 20.3 Å². The summed E-state index contributed by atoms with van der Waals surface area (Å²) < 4.78 is 37.8. The van der Waals surface area contributed by atoms with Crippen LogP contribution >= 0.6 is 0 Å². The Kier molecular flexibility index (Phi) is 7.06. The summed E-state index contributed by atoms with van der Waals surface area (Å²) in [5.74, 6) is 0.830. The predicted octanol–water partition coefficient (Wildman–Crippen LogP) is 2.79. The van der Waals surface area contributed by atoms with Crippen molar-refractivity contribution in [3.63, 3.8) is 0 Å². The van der Waals surface area contributed by atoms with Gasteiger partial charge in [-0.2, -0.15) is 0 Å². The summed E-state index contributed by atoms with van der Waals surface area (Å²) in [7, 11) is -2.19. The molecule has 7 nitrogen and oxygen atoms in total. The minimum Gasteiger partial charge on any atom is -0.497 e. The predicted molar refractivity (Wildman–Crippen MR) is 104 cm³/mol. The first-order chi connectivity index (χ1) is 12.8. The number of amides is 1. The third-order valence-corrected chi connectivity index (χ3v) is 5.26. The zero-order valence-electron chi connectivity index (χ0n) is 15.6. The molecule has 0 saturated heterocycles. The van der Waals surface area contributed by atoms with Gasteiger partial charge in [-0.05, 0) is 61.9 Å². The summed E-state index contributed by atoms with van der Waals surface area (Å²) in [6.07, 6.45) is 0.833. The molecule has 0 radical (unpaired) electrons. The van der Waals surface area contributed by atoms with E-state index in [0.29, 0.717) is 17.2 Å². The molecule has 0 unspecified atom stereocenters. The van der Waals surface area contributed by atoms with E-state index in [1.165, 1.54) is 31.4 Å². The van der Waals surface area contributed by atoms with Gasteiger partial charge in [-0.3, -0.25) is 9.52 Å². The van der Waals surface area contributed by atoms with Crippen LogP contribution in [-0.4, -0.2) is 34.1 Å². The van der Waals surface area contributed by atoms with Crippen LogP contribution in [0.25, 0.3) is 0 Å². The lowest BCUT2D eigenvalue weighted by atomic mass is 10.2. The number of rotatable bonds is 9. The smallest absolute Gasteiger partial charge is 0.261 e. The quantitative estimate of drug-likeness (QED) is 0.684. The summed E-state index contributed by atoms with van der Waals surface area (Å²) in [6, 6.07) is 12.5. The van der Waals surface area contributed by atoms with Crippen LogP contribution in [0.3, 0.4) is 0 Å². The van der Waals surface area contributed by atoms with Crippen molar-refractivity contribution in [2.45, 2.75) is 31.2 Å². The SMILES string of the molecule is CC[C@@H](C)NC(=O)COc1ccc(S(=O)(=O)Nc2ccc(OC)cc2)cc1. The minimum absolute atomic E-state index is 0.0812. The van der Waals surface area contributed by atoms with Crippen molar-refractivity contribution in [2.24, 2.45) is 0 Å². The highest BCUT2D eigenvalue weighted by molar-refractivity contribution is 7.92. The number of ether oxygens (including phenoxy) is 2. The normalized spacial score (nSPS) is 12.1. The second-order valence-electron chi connectivity index (χ2n) is 5.97. The van der Waals surface area contributed by atoms with Crippen molar-refractivity contribution in [1.29, 1.82) is 0 Å². The molecule has 0 fully saturated rings. The molecule has 0 aliphatic carbocycles. The van der Waals surface area contributed by atoms with Gasteiger partial charge in [-0.1, -0.05) is 6.92 Å². The van der Waals surface area contributed by atoms with E-state index >= 15 is 0 Å². The first kappa shape index (κ1) is 20.6. The van der Waals surface area contributed by atoms with E-state index in [-0.39, 0.29) is 23.5 Å². The van der Waals surface area contributed by atoms with Crippen molar-refractivity contribution in [2.75, 3.05) is 18.4 Å². The maximum Gasteiger partial charge on any atom is 0.261 e. The Hall–Kier alpha value is -2.74. The van der Waals surface area contributed by atoms with Gasteiger partial charge in [0, 0.05) is 11.7 Å². The Morgan fingerprint density at radius 2 is 1.63 bits per heavy atom. The number of carbonyl (C=O) groups is 1. The molecular weight excluding hydrogens is 368 g/mol. The van der Waals surface area contributed by atoms with Crippen LogP contribution in [0.2, 0.25) is 0 Å². The minimum atomic E-state index is -3.73. The van der Waals surface area contributed by atoms with Gasteiger partial charge in [0.15, 0.2) is 6.61 Å². The number of sulfonamides is 1. The molecule has 0 aliphatic heterocycles. The summed E-state index contributed by atoms with van der Waals surface area (Å²) in [4.78, 5) is 11.8. The fourth-order valence-corrected chi connectivity index (χ4v) is 3.21. The molecule has 27 heavy (non-hydrogen) atoms. The number of hydrogen-bond donors (Lipinski definition) is 2. The summed E-state index contributed by atoms with van der Waals surface area (Å²) >= 11 is 0. The van der Waals surface area contributed by atoms with E-state index < -0.39 is 10.0 Å². The van der Waals surface area contributed by atoms with Gasteiger partial charge in [0.05, 0.1) is 12.0 Å². The first-order valence-corrected chi connectivity index (χ1v) is 10.0. The average Bonchev–Trinajstić information content (AvgIpc) is 2.67. The van der Waals surface area contributed by atoms with E-state index in [1.54, 1.807) is 24.3 Å². The zero-order chi connectivity index (χ0) is 19.9. The van der Waals surface area contributed by atoms with Gasteiger partial charge < -0.3 is 14.8 Å². The third-order valence-electron chi connectivity index (χ3n) is 3.87. The monoisotopic (exact) mass is 392 g/mol. The highest BCUT2D eigenvalue weighted by Crippen LogP contribution is 2.21. The van der Waals surface area contributed by atoms with Crippen LogP contribution in [0.4, 0.5) is 5.69 Å². The Labute approximate surface area is 159 Å². The number of benzene rings is 2. The standard InChI is InChI=1S/C19H24N2O5S/c1-4-14(2)20-19(22)13-26-17-9-11-18(12-10-17)27(23,24)21-15-5-7-16(25-3)8-6-15/h5-12,14,21H,4,13H2,1-3H3,(H,20,22)/t14-/m1/s1. The molecule has 2 rings (SSSR count). The average molecular weight is 392 g/mol. The first-order valence-electron chi connectivity index (χ1n) is 8.53. The van der Waals surface area contributed by atoms with E-state index in [4.69, 9.17) is 9.47 Å². The lowest BCUT2D eigenvalue weighted by molar-refractivity contribution is -0.123. The van der Waals surface area contributed by atoms with Gasteiger partial charge in [0.25, 0.3) is 15.9 Å². The molecule has 146 valence electrons. The molecule has 0 aliphatic rings.